The van der Waals surface area contributed by atoms with Gasteiger partial charge < -0.3 is 0 Å². The molecule has 0 bridgehead atoms. The van der Waals surface area contributed by atoms with E-state index < -0.39 is 21.8 Å². The van der Waals surface area contributed by atoms with Gasteiger partial charge in [0, 0.05) is 6.20 Å². The molecule has 0 aliphatic carbocycles. The topological polar surface area (TPSA) is 64.0 Å². The molecule has 5 nitrogen and oxygen atoms in total. The minimum absolute atomic E-state index is 0.0785. The van der Waals surface area contributed by atoms with Crippen molar-refractivity contribution in [2.24, 2.45) is 0 Å². The quantitative estimate of drug-likeness (QED) is 0.681. The average Bonchev–Trinajstić information content (AvgIpc) is 3.02. The lowest BCUT2D eigenvalue weighted by Crippen LogP contribution is -2.14. The lowest BCUT2D eigenvalue weighted by Gasteiger charge is -2.10. The summed E-state index contributed by atoms with van der Waals surface area (Å²) in [6.07, 6.45) is -1.67. The SMILES string of the molecule is Cc1ccc(C)c(S(=O)(=O)Nc2cnn(Cc3cccc(C(F)(F)F)c3)c2)c1. The predicted octanol–water partition coefficient (Wildman–Crippen LogP) is 4.37. The van der Waals surface area contributed by atoms with Crippen LogP contribution < -0.4 is 4.72 Å². The van der Waals surface area contributed by atoms with Crippen LogP contribution in [0.15, 0.2) is 59.8 Å². The number of halogens is 3. The van der Waals surface area contributed by atoms with Crippen LogP contribution in [0.3, 0.4) is 0 Å². The Labute approximate surface area is 160 Å². The van der Waals surface area contributed by atoms with Gasteiger partial charge in [-0.15, -0.1) is 0 Å². The fourth-order valence-corrected chi connectivity index (χ4v) is 4.10. The first kappa shape index (κ1) is 19.9. The minimum atomic E-state index is -4.42. The molecule has 0 saturated carbocycles. The molecule has 0 aliphatic rings. The molecule has 0 atom stereocenters. The summed E-state index contributed by atoms with van der Waals surface area (Å²) in [5.74, 6) is 0. The Morgan fingerprint density at radius 3 is 2.57 bits per heavy atom. The Morgan fingerprint density at radius 2 is 1.86 bits per heavy atom. The largest absolute Gasteiger partial charge is 0.416 e. The molecule has 0 unspecified atom stereocenters. The molecule has 3 rings (SSSR count). The number of nitrogens with one attached hydrogen (secondary N) is 1. The molecular formula is C19H18F3N3O2S. The zero-order valence-electron chi connectivity index (χ0n) is 15.2. The summed E-state index contributed by atoms with van der Waals surface area (Å²) in [6.45, 7) is 3.58. The van der Waals surface area contributed by atoms with Crippen molar-refractivity contribution in [1.82, 2.24) is 9.78 Å². The molecule has 28 heavy (non-hydrogen) atoms. The molecule has 2 aromatic carbocycles. The van der Waals surface area contributed by atoms with Gasteiger partial charge in [-0.1, -0.05) is 24.3 Å². The van der Waals surface area contributed by atoms with E-state index in [2.05, 4.69) is 9.82 Å². The summed E-state index contributed by atoms with van der Waals surface area (Å²) in [7, 11) is -3.80. The molecule has 1 N–H and O–H groups in total. The normalized spacial score (nSPS) is 12.2. The Balaban J connectivity index is 1.79. The molecule has 148 valence electrons. The maximum atomic E-state index is 12.8. The van der Waals surface area contributed by atoms with Crippen molar-refractivity contribution >= 4 is 15.7 Å². The highest BCUT2D eigenvalue weighted by atomic mass is 32.2. The maximum Gasteiger partial charge on any atom is 0.416 e. The Hall–Kier alpha value is -2.81. The third-order valence-corrected chi connectivity index (χ3v) is 5.64. The van der Waals surface area contributed by atoms with Gasteiger partial charge in [0.05, 0.1) is 28.9 Å². The van der Waals surface area contributed by atoms with Crippen LogP contribution in [-0.2, 0) is 22.7 Å². The van der Waals surface area contributed by atoms with Crippen LogP contribution in [0.5, 0.6) is 0 Å². The standard InChI is InChI=1S/C19H18F3N3O2S/c1-13-6-7-14(2)18(8-13)28(26,27)24-17-10-23-25(12-17)11-15-4-3-5-16(9-15)19(20,21)22/h3-10,12,24H,11H2,1-2H3. The van der Waals surface area contributed by atoms with Crippen molar-refractivity contribution in [3.8, 4) is 0 Å². The van der Waals surface area contributed by atoms with Crippen molar-refractivity contribution in [2.75, 3.05) is 4.72 Å². The van der Waals surface area contributed by atoms with Crippen LogP contribution in [-0.4, -0.2) is 18.2 Å². The van der Waals surface area contributed by atoms with Crippen molar-refractivity contribution in [1.29, 1.82) is 0 Å². The van der Waals surface area contributed by atoms with Gasteiger partial charge in [-0.2, -0.15) is 18.3 Å². The van der Waals surface area contributed by atoms with Gasteiger partial charge in [-0.05, 0) is 48.7 Å². The maximum absolute atomic E-state index is 12.8. The number of hydrogen-bond acceptors (Lipinski definition) is 3. The van der Waals surface area contributed by atoms with Gasteiger partial charge in [0.2, 0.25) is 0 Å². The number of sulfonamides is 1. The highest BCUT2D eigenvalue weighted by molar-refractivity contribution is 7.92. The number of rotatable bonds is 5. The average molecular weight is 409 g/mol. The van der Waals surface area contributed by atoms with Crippen molar-refractivity contribution < 1.29 is 21.6 Å². The van der Waals surface area contributed by atoms with Crippen molar-refractivity contribution in [3.05, 3.63) is 77.1 Å². The molecule has 0 fully saturated rings. The van der Waals surface area contributed by atoms with Crippen LogP contribution >= 0.6 is 0 Å². The number of aryl methyl sites for hydroxylation is 2. The van der Waals surface area contributed by atoms with Gasteiger partial charge in [0.25, 0.3) is 10.0 Å². The van der Waals surface area contributed by atoms with Gasteiger partial charge >= 0.3 is 6.18 Å². The third-order valence-electron chi connectivity index (χ3n) is 4.12. The van der Waals surface area contributed by atoms with E-state index in [0.29, 0.717) is 11.1 Å². The van der Waals surface area contributed by atoms with E-state index in [0.717, 1.165) is 17.7 Å². The number of anilines is 1. The highest BCUT2D eigenvalue weighted by Gasteiger charge is 2.30. The number of alkyl halides is 3. The van der Waals surface area contributed by atoms with E-state index in [1.807, 2.05) is 6.07 Å². The number of nitrogens with zero attached hydrogens (tertiary/aromatic N) is 2. The van der Waals surface area contributed by atoms with E-state index in [4.69, 9.17) is 0 Å². The first-order valence-electron chi connectivity index (χ1n) is 8.33. The lowest BCUT2D eigenvalue weighted by atomic mass is 10.1. The fourth-order valence-electron chi connectivity index (χ4n) is 2.74. The number of benzene rings is 2. The molecule has 0 amide bonds. The Kier molecular flexibility index (Phi) is 5.20. The Morgan fingerprint density at radius 1 is 1.11 bits per heavy atom. The van der Waals surface area contributed by atoms with Crippen molar-refractivity contribution in [3.63, 3.8) is 0 Å². The van der Waals surface area contributed by atoms with E-state index in [1.54, 1.807) is 32.0 Å². The lowest BCUT2D eigenvalue weighted by molar-refractivity contribution is -0.137. The first-order valence-corrected chi connectivity index (χ1v) is 9.81. The van der Waals surface area contributed by atoms with E-state index >= 15 is 0 Å². The molecule has 3 aromatic rings. The van der Waals surface area contributed by atoms with Crippen LogP contribution in [0.2, 0.25) is 0 Å². The molecule has 0 spiro atoms. The molecule has 0 aliphatic heterocycles. The van der Waals surface area contributed by atoms with E-state index in [9.17, 15) is 21.6 Å². The van der Waals surface area contributed by atoms with Gasteiger partial charge in [0.15, 0.2) is 0 Å². The fraction of sp³-hybridized carbons (Fsp3) is 0.211. The molecule has 0 saturated heterocycles. The summed E-state index contributed by atoms with van der Waals surface area (Å²) in [5, 5.41) is 4.03. The zero-order chi connectivity index (χ0) is 20.5. The van der Waals surface area contributed by atoms with Crippen LogP contribution in [0.25, 0.3) is 0 Å². The summed E-state index contributed by atoms with van der Waals surface area (Å²) >= 11 is 0. The van der Waals surface area contributed by atoms with Crippen LogP contribution in [0, 0.1) is 13.8 Å². The Bertz CT molecular complexity index is 1110. The third kappa shape index (κ3) is 4.53. The summed E-state index contributed by atoms with van der Waals surface area (Å²) in [5.41, 5.74) is 1.31. The summed E-state index contributed by atoms with van der Waals surface area (Å²) in [4.78, 5) is 0.165. The molecule has 0 radical (unpaired) electrons. The monoisotopic (exact) mass is 409 g/mol. The number of aromatic nitrogens is 2. The first-order chi connectivity index (χ1) is 13.0. The molecule has 1 aromatic heterocycles. The summed E-state index contributed by atoms with van der Waals surface area (Å²) < 4.78 is 67.5. The van der Waals surface area contributed by atoms with E-state index in [1.165, 1.54) is 23.1 Å². The molecule has 1 heterocycles. The van der Waals surface area contributed by atoms with Crippen LogP contribution in [0.1, 0.15) is 22.3 Å². The minimum Gasteiger partial charge on any atom is -0.276 e. The second-order valence-electron chi connectivity index (χ2n) is 6.50. The zero-order valence-corrected chi connectivity index (χ0v) is 16.0. The second-order valence-corrected chi connectivity index (χ2v) is 8.15. The number of hydrogen-bond donors (Lipinski definition) is 1. The highest BCUT2D eigenvalue weighted by Crippen LogP contribution is 2.29. The molecule has 9 heteroatoms. The van der Waals surface area contributed by atoms with Crippen LogP contribution in [0.4, 0.5) is 18.9 Å². The summed E-state index contributed by atoms with van der Waals surface area (Å²) in [6, 6.07) is 10.0. The predicted molar refractivity (Wildman–Crippen MR) is 99.5 cm³/mol. The van der Waals surface area contributed by atoms with Gasteiger partial charge in [0.1, 0.15) is 0 Å². The van der Waals surface area contributed by atoms with Crippen molar-refractivity contribution in [2.45, 2.75) is 31.5 Å². The van der Waals surface area contributed by atoms with E-state index in [-0.39, 0.29) is 17.1 Å². The molecular weight excluding hydrogens is 391 g/mol. The van der Waals surface area contributed by atoms with Gasteiger partial charge in [-0.25, -0.2) is 8.42 Å². The smallest absolute Gasteiger partial charge is 0.276 e. The van der Waals surface area contributed by atoms with Gasteiger partial charge in [-0.3, -0.25) is 9.40 Å². The second kappa shape index (κ2) is 7.31.